The Morgan fingerprint density at radius 2 is 2.00 bits per heavy atom. The summed E-state index contributed by atoms with van der Waals surface area (Å²) in [7, 11) is 1.48. The fourth-order valence-corrected chi connectivity index (χ4v) is 1.97. The van der Waals surface area contributed by atoms with E-state index in [9.17, 15) is 9.90 Å². The van der Waals surface area contributed by atoms with Crippen molar-refractivity contribution in [2.24, 2.45) is 0 Å². The quantitative estimate of drug-likeness (QED) is 0.767. The number of allylic oxidation sites excluding steroid dienone is 2. The Morgan fingerprint density at radius 1 is 1.39 bits per heavy atom. The van der Waals surface area contributed by atoms with Crippen LogP contribution >= 0.6 is 11.8 Å². The number of methoxy groups -OCH3 is 1. The van der Waals surface area contributed by atoms with Gasteiger partial charge in [0.25, 0.3) is 0 Å². The van der Waals surface area contributed by atoms with Crippen molar-refractivity contribution in [2.75, 3.05) is 32.8 Å². The van der Waals surface area contributed by atoms with Crippen molar-refractivity contribution in [3.8, 4) is 0 Å². The molecule has 1 aliphatic rings. The van der Waals surface area contributed by atoms with Gasteiger partial charge in [-0.1, -0.05) is 5.57 Å². The predicted octanol–water partition coefficient (Wildman–Crippen LogP) is 3.20. The Morgan fingerprint density at radius 3 is 2.52 bits per heavy atom. The molecule has 0 radical (unpaired) electrons. The van der Waals surface area contributed by atoms with E-state index in [0.717, 1.165) is 17.6 Å². The largest absolute Gasteiger partial charge is 0.504 e. The van der Waals surface area contributed by atoms with Crippen LogP contribution in [-0.4, -0.2) is 49.9 Å². The highest BCUT2D eigenvalue weighted by molar-refractivity contribution is 7.97. The zero-order valence-corrected chi connectivity index (χ0v) is 15.8. The monoisotopic (exact) mass is 343 g/mol. The zero-order valence-electron chi connectivity index (χ0n) is 14.9. The molecule has 2 N–H and O–H groups in total. The third-order valence-corrected chi connectivity index (χ3v) is 3.06. The van der Waals surface area contributed by atoms with E-state index in [-0.39, 0.29) is 11.7 Å². The van der Waals surface area contributed by atoms with Crippen LogP contribution in [0.1, 0.15) is 27.2 Å². The molecule has 0 fully saturated rings. The third-order valence-electron chi connectivity index (χ3n) is 3.06. The second-order valence-corrected chi connectivity index (χ2v) is 5.95. The standard InChI is InChI=1S/C15H23NO4.C2H6S/c1-5-20-15(18)14-11(3)9-13(19-4)12(17)8-10(2)6-7-16-14;1-3-2/h8-9,14,16-17H,5-7H2,1-4H3;1-2H3/b10-8+,11-9+,13-12-;. The van der Waals surface area contributed by atoms with Crippen molar-refractivity contribution < 1.29 is 19.4 Å². The highest BCUT2D eigenvalue weighted by Crippen LogP contribution is 2.16. The normalized spacial score (nSPS) is 26.6. The molecule has 0 aromatic carbocycles. The smallest absolute Gasteiger partial charge is 0.327 e. The summed E-state index contributed by atoms with van der Waals surface area (Å²) in [5.74, 6) is 0.0760. The lowest BCUT2D eigenvalue weighted by Crippen LogP contribution is -2.40. The Labute approximate surface area is 143 Å². The number of carbonyl (C=O) groups is 1. The Hall–Kier alpha value is -1.40. The van der Waals surface area contributed by atoms with Gasteiger partial charge in [0.2, 0.25) is 0 Å². The molecule has 23 heavy (non-hydrogen) atoms. The maximum absolute atomic E-state index is 12.0. The van der Waals surface area contributed by atoms with Crippen molar-refractivity contribution in [3.05, 3.63) is 34.8 Å². The van der Waals surface area contributed by atoms with Gasteiger partial charge in [-0.15, -0.1) is 0 Å². The number of esters is 1. The highest BCUT2D eigenvalue weighted by Gasteiger charge is 2.22. The minimum atomic E-state index is -0.529. The lowest BCUT2D eigenvalue weighted by atomic mass is 10.1. The predicted molar refractivity (Wildman–Crippen MR) is 96.7 cm³/mol. The van der Waals surface area contributed by atoms with Gasteiger partial charge >= 0.3 is 5.97 Å². The number of aliphatic hydroxyl groups excluding tert-OH is 1. The summed E-state index contributed by atoms with van der Waals surface area (Å²) in [6.07, 6.45) is 8.14. The number of rotatable bonds is 3. The summed E-state index contributed by atoms with van der Waals surface area (Å²) >= 11 is 1.75. The zero-order chi connectivity index (χ0) is 17.8. The fraction of sp³-hybridized carbons (Fsp3) is 0.588. The summed E-state index contributed by atoms with van der Waals surface area (Å²) in [6, 6.07) is -0.529. The van der Waals surface area contributed by atoms with Crippen LogP contribution in [0.25, 0.3) is 0 Å². The molecule has 0 bridgehead atoms. The average molecular weight is 343 g/mol. The summed E-state index contributed by atoms with van der Waals surface area (Å²) < 4.78 is 10.2. The van der Waals surface area contributed by atoms with Gasteiger partial charge in [0.05, 0.1) is 13.7 Å². The van der Waals surface area contributed by atoms with Crippen LogP contribution in [0.5, 0.6) is 0 Å². The maximum Gasteiger partial charge on any atom is 0.327 e. The first-order chi connectivity index (χ1) is 10.9. The molecule has 0 spiro atoms. The van der Waals surface area contributed by atoms with Gasteiger partial charge in [0, 0.05) is 0 Å². The van der Waals surface area contributed by atoms with Crippen molar-refractivity contribution >= 4 is 17.7 Å². The maximum atomic E-state index is 12.0. The molecule has 6 heteroatoms. The van der Waals surface area contributed by atoms with Crippen molar-refractivity contribution in [1.82, 2.24) is 5.32 Å². The molecule has 5 nitrogen and oxygen atoms in total. The number of carbonyl (C=O) groups excluding carboxylic acids is 1. The van der Waals surface area contributed by atoms with Gasteiger partial charge in [0.15, 0.2) is 11.5 Å². The van der Waals surface area contributed by atoms with Crippen molar-refractivity contribution in [2.45, 2.75) is 33.2 Å². The highest BCUT2D eigenvalue weighted by atomic mass is 32.2. The second-order valence-electron chi connectivity index (χ2n) is 5.13. The number of aliphatic hydroxyl groups is 1. The van der Waals surface area contributed by atoms with E-state index in [1.165, 1.54) is 7.11 Å². The summed E-state index contributed by atoms with van der Waals surface area (Å²) in [5, 5.41) is 13.2. The van der Waals surface area contributed by atoms with E-state index in [1.807, 2.05) is 19.4 Å². The molecular formula is C17H29NO4S. The van der Waals surface area contributed by atoms with Crippen LogP contribution in [0.4, 0.5) is 0 Å². The van der Waals surface area contributed by atoms with E-state index in [4.69, 9.17) is 9.47 Å². The molecule has 1 aliphatic heterocycles. The summed E-state index contributed by atoms with van der Waals surface area (Å²) in [5.41, 5.74) is 1.74. The molecule has 1 unspecified atom stereocenters. The third kappa shape index (κ3) is 8.13. The molecule has 0 saturated carbocycles. The first kappa shape index (κ1) is 21.6. The number of ether oxygens (including phenoxy) is 2. The van der Waals surface area contributed by atoms with E-state index < -0.39 is 6.04 Å². The average Bonchev–Trinajstić information content (AvgIpc) is 2.49. The molecule has 1 heterocycles. The summed E-state index contributed by atoms with van der Waals surface area (Å²) in [6.45, 7) is 6.46. The van der Waals surface area contributed by atoms with Crippen molar-refractivity contribution in [1.29, 1.82) is 0 Å². The number of thioether (sulfide) groups is 1. The van der Waals surface area contributed by atoms with E-state index >= 15 is 0 Å². The first-order valence-corrected chi connectivity index (χ1v) is 9.17. The molecule has 0 aliphatic carbocycles. The summed E-state index contributed by atoms with van der Waals surface area (Å²) in [4.78, 5) is 12.0. The van der Waals surface area contributed by atoms with Gasteiger partial charge in [-0.3, -0.25) is 0 Å². The lowest BCUT2D eigenvalue weighted by molar-refractivity contribution is -0.144. The van der Waals surface area contributed by atoms with E-state index in [0.29, 0.717) is 18.9 Å². The van der Waals surface area contributed by atoms with E-state index in [2.05, 4.69) is 5.32 Å². The minimum absolute atomic E-state index is 0.0638. The molecule has 0 aromatic heterocycles. The van der Waals surface area contributed by atoms with Crippen LogP contribution in [-0.2, 0) is 14.3 Å². The van der Waals surface area contributed by atoms with Crippen LogP contribution in [0, 0.1) is 0 Å². The Bertz CT molecular complexity index is 469. The number of nitrogens with one attached hydrogen (secondary N) is 1. The van der Waals surface area contributed by atoms with E-state index in [1.54, 1.807) is 37.8 Å². The molecule has 1 rings (SSSR count). The van der Waals surface area contributed by atoms with Crippen LogP contribution in [0.2, 0.25) is 0 Å². The Balaban J connectivity index is 0.00000149. The van der Waals surface area contributed by atoms with Crippen LogP contribution < -0.4 is 5.32 Å². The van der Waals surface area contributed by atoms with Crippen molar-refractivity contribution in [3.63, 3.8) is 0 Å². The molecule has 0 saturated heterocycles. The van der Waals surface area contributed by atoms with Crippen LogP contribution in [0.15, 0.2) is 34.8 Å². The molecule has 0 amide bonds. The molecule has 132 valence electrons. The fourth-order valence-electron chi connectivity index (χ4n) is 1.97. The van der Waals surface area contributed by atoms with Gasteiger partial charge in [-0.05, 0) is 64.0 Å². The SMILES string of the molecule is CCOC(=O)C1NCC/C(C)=C/C(O)=C(OC)\C=C\1C.CSC. The topological polar surface area (TPSA) is 67.8 Å². The van der Waals surface area contributed by atoms with Gasteiger partial charge in [-0.2, -0.15) is 11.8 Å². The number of hydrogen-bond acceptors (Lipinski definition) is 6. The first-order valence-electron chi connectivity index (χ1n) is 7.53. The Kier molecular flexibility index (Phi) is 11.3. The molecule has 1 atom stereocenters. The minimum Gasteiger partial charge on any atom is -0.504 e. The lowest BCUT2D eigenvalue weighted by Gasteiger charge is -2.19. The second kappa shape index (κ2) is 12.1. The van der Waals surface area contributed by atoms with Gasteiger partial charge < -0.3 is 19.9 Å². The van der Waals surface area contributed by atoms with Gasteiger partial charge in [-0.25, -0.2) is 4.79 Å². The number of hydrogen-bond donors (Lipinski definition) is 2. The molecular weight excluding hydrogens is 314 g/mol. The van der Waals surface area contributed by atoms with Gasteiger partial charge in [0.1, 0.15) is 6.04 Å². The van der Waals surface area contributed by atoms with Crippen LogP contribution in [0.3, 0.4) is 0 Å². The molecule has 0 aromatic rings.